The summed E-state index contributed by atoms with van der Waals surface area (Å²) in [6.45, 7) is 0.291. The average molecular weight is 580 g/mol. The summed E-state index contributed by atoms with van der Waals surface area (Å²) >= 11 is 12.5. The van der Waals surface area contributed by atoms with Crippen LogP contribution in [0.1, 0.15) is 42.8 Å². The number of nitrogens with zero attached hydrogens (tertiary/aromatic N) is 3. The zero-order valence-corrected chi connectivity index (χ0v) is 22.8. The molecule has 39 heavy (non-hydrogen) atoms. The number of oxazole rings is 1. The smallest absolute Gasteiger partial charge is 0.308 e. The number of hydrazine groups is 1. The van der Waals surface area contributed by atoms with E-state index in [4.69, 9.17) is 32.4 Å². The molecular weight excluding hydrogens is 553 g/mol. The maximum Gasteiger partial charge on any atom is 0.308 e. The Bertz CT molecular complexity index is 1280. The first kappa shape index (κ1) is 28.5. The van der Waals surface area contributed by atoms with Crippen molar-refractivity contribution in [3.8, 4) is 11.3 Å². The van der Waals surface area contributed by atoms with Gasteiger partial charge in [0.15, 0.2) is 5.76 Å². The van der Waals surface area contributed by atoms with Crippen molar-refractivity contribution >= 4 is 52.7 Å². The highest BCUT2D eigenvalue weighted by atomic mass is 35.5. The Morgan fingerprint density at radius 3 is 2.59 bits per heavy atom. The number of hydrogen-bond donors (Lipinski definition) is 2. The van der Waals surface area contributed by atoms with Gasteiger partial charge in [0.05, 0.1) is 41.4 Å². The molecule has 2 aliphatic heterocycles. The lowest BCUT2D eigenvalue weighted by Crippen LogP contribution is -2.64. The van der Waals surface area contributed by atoms with Crippen LogP contribution in [0.25, 0.3) is 11.3 Å². The maximum absolute atomic E-state index is 13.5. The number of esters is 1. The molecule has 0 bridgehead atoms. The molecule has 2 fully saturated rings. The van der Waals surface area contributed by atoms with Gasteiger partial charge in [-0.05, 0) is 38.4 Å². The van der Waals surface area contributed by atoms with E-state index in [9.17, 15) is 24.0 Å². The number of rotatable bonds is 8. The third kappa shape index (κ3) is 5.92. The van der Waals surface area contributed by atoms with Crippen LogP contribution in [-0.4, -0.2) is 83.3 Å². The van der Waals surface area contributed by atoms with Gasteiger partial charge < -0.3 is 19.8 Å². The molecule has 2 aromatic rings. The molecule has 3 heterocycles. The zero-order valence-electron chi connectivity index (χ0n) is 21.2. The number of carbonyl (C=O) groups excluding carboxylic acids is 5. The van der Waals surface area contributed by atoms with E-state index < -0.39 is 54.0 Å². The SMILES string of the molecule is CN[C@H]1CCC(=O)N2CCC[C@@H](C(=O)N[C@@H](CC(=O)OC)C(=O)c3ncc(-c4c(Cl)cccc4Cl)o3)N2C1=O. The number of methoxy groups -OCH3 is 1. The van der Waals surface area contributed by atoms with Crippen molar-refractivity contribution in [2.24, 2.45) is 0 Å². The van der Waals surface area contributed by atoms with E-state index in [-0.39, 0.29) is 34.6 Å². The number of amides is 3. The number of likely N-dealkylation sites (N-methyl/N-ethyl adjacent to an activating group) is 1. The van der Waals surface area contributed by atoms with Crippen LogP contribution < -0.4 is 10.6 Å². The standard InChI is InChI=1S/C25H27Cl2N5O7/c1-28-15-8-9-19(33)31-10-4-7-17(32(31)25(15)37)23(36)30-16(11-20(34)38-2)22(35)24-29-12-18(39-24)21-13(26)5-3-6-14(21)27/h3,5-6,12,15-17,28H,4,7-11H2,1-2H3,(H,30,36)/t15-,16-,17-/m0/s1. The van der Waals surface area contributed by atoms with E-state index in [0.29, 0.717) is 24.9 Å². The van der Waals surface area contributed by atoms with Gasteiger partial charge in [-0.25, -0.2) is 9.99 Å². The van der Waals surface area contributed by atoms with Crippen molar-refractivity contribution in [2.45, 2.75) is 50.2 Å². The molecule has 14 heteroatoms. The van der Waals surface area contributed by atoms with E-state index in [1.165, 1.54) is 11.2 Å². The van der Waals surface area contributed by atoms with Crippen LogP contribution in [0.3, 0.4) is 0 Å². The fourth-order valence-electron chi connectivity index (χ4n) is 4.65. The number of nitrogens with one attached hydrogen (secondary N) is 2. The van der Waals surface area contributed by atoms with Gasteiger partial charge in [0.1, 0.15) is 12.1 Å². The molecule has 1 aromatic carbocycles. The Hall–Kier alpha value is -3.48. The monoisotopic (exact) mass is 579 g/mol. The molecular formula is C25H27Cl2N5O7. The quantitative estimate of drug-likeness (QED) is 0.353. The second kappa shape index (κ2) is 12.1. The summed E-state index contributed by atoms with van der Waals surface area (Å²) in [5, 5.41) is 8.44. The third-order valence-electron chi connectivity index (χ3n) is 6.67. The van der Waals surface area contributed by atoms with Crippen LogP contribution in [-0.2, 0) is 23.9 Å². The molecule has 2 saturated heterocycles. The van der Waals surface area contributed by atoms with Gasteiger partial charge >= 0.3 is 5.97 Å². The number of hydrogen-bond acceptors (Lipinski definition) is 9. The topological polar surface area (TPSA) is 151 Å². The van der Waals surface area contributed by atoms with Gasteiger partial charge in [-0.15, -0.1) is 0 Å². The Morgan fingerprint density at radius 2 is 1.92 bits per heavy atom. The van der Waals surface area contributed by atoms with Crippen LogP contribution in [0.15, 0.2) is 28.8 Å². The van der Waals surface area contributed by atoms with Crippen molar-refractivity contribution < 1.29 is 33.1 Å². The molecule has 2 N–H and O–H groups in total. The molecule has 3 amide bonds. The summed E-state index contributed by atoms with van der Waals surface area (Å²) in [5.41, 5.74) is 0.326. The van der Waals surface area contributed by atoms with Crippen LogP contribution in [0.4, 0.5) is 0 Å². The van der Waals surface area contributed by atoms with Gasteiger partial charge in [-0.1, -0.05) is 29.3 Å². The first-order chi connectivity index (χ1) is 18.7. The summed E-state index contributed by atoms with van der Waals surface area (Å²) in [6, 6.07) is 1.68. The first-order valence-corrected chi connectivity index (χ1v) is 13.0. The van der Waals surface area contributed by atoms with Crippen molar-refractivity contribution in [2.75, 3.05) is 20.7 Å². The lowest BCUT2D eigenvalue weighted by atomic mass is 10.0. The highest BCUT2D eigenvalue weighted by molar-refractivity contribution is 6.39. The summed E-state index contributed by atoms with van der Waals surface area (Å²) in [4.78, 5) is 69.0. The fourth-order valence-corrected chi connectivity index (χ4v) is 5.24. The molecule has 3 atom stereocenters. The van der Waals surface area contributed by atoms with Gasteiger partial charge in [-0.3, -0.25) is 29.0 Å². The van der Waals surface area contributed by atoms with E-state index in [0.717, 1.165) is 12.1 Å². The molecule has 0 saturated carbocycles. The second-order valence-corrected chi connectivity index (χ2v) is 9.88. The molecule has 208 valence electrons. The van der Waals surface area contributed by atoms with Crippen LogP contribution in [0, 0.1) is 0 Å². The maximum atomic E-state index is 13.5. The van der Waals surface area contributed by atoms with E-state index >= 15 is 0 Å². The normalized spacial score (nSPS) is 20.2. The van der Waals surface area contributed by atoms with Crippen LogP contribution >= 0.6 is 23.2 Å². The number of Topliss-reactive ketones (excluding diaryl/α,β-unsaturated/α-hetero) is 1. The number of carbonyl (C=O) groups is 5. The fraction of sp³-hybridized carbons (Fsp3) is 0.440. The highest BCUT2D eigenvalue weighted by Crippen LogP contribution is 2.35. The van der Waals surface area contributed by atoms with Gasteiger partial charge in [0, 0.05) is 13.0 Å². The van der Waals surface area contributed by atoms with E-state index in [1.807, 2.05) is 0 Å². The molecule has 4 rings (SSSR count). The number of ketones is 1. The van der Waals surface area contributed by atoms with Crippen molar-refractivity contribution in [3.05, 3.63) is 40.3 Å². The minimum absolute atomic E-state index is 0.117. The van der Waals surface area contributed by atoms with E-state index in [1.54, 1.807) is 25.2 Å². The van der Waals surface area contributed by atoms with Crippen LogP contribution in [0.2, 0.25) is 10.0 Å². The average Bonchev–Trinajstić information content (AvgIpc) is 3.36. The van der Waals surface area contributed by atoms with Crippen molar-refractivity contribution in [3.63, 3.8) is 0 Å². The predicted octanol–water partition coefficient (Wildman–Crippen LogP) is 2.00. The lowest BCUT2D eigenvalue weighted by molar-refractivity contribution is -0.176. The van der Waals surface area contributed by atoms with Crippen molar-refractivity contribution in [1.82, 2.24) is 25.6 Å². The predicted molar refractivity (Wildman–Crippen MR) is 139 cm³/mol. The Labute approximate surface area is 233 Å². The first-order valence-electron chi connectivity index (χ1n) is 12.3. The molecule has 1 aromatic heterocycles. The van der Waals surface area contributed by atoms with Gasteiger partial charge in [0.2, 0.25) is 17.6 Å². The highest BCUT2D eigenvalue weighted by Gasteiger charge is 2.44. The Balaban J connectivity index is 1.60. The summed E-state index contributed by atoms with van der Waals surface area (Å²) in [5.74, 6) is -3.25. The number of halogens is 2. The molecule has 0 radical (unpaired) electrons. The summed E-state index contributed by atoms with van der Waals surface area (Å²) in [6.07, 6.45) is 1.90. The molecule has 0 spiro atoms. The third-order valence-corrected chi connectivity index (χ3v) is 7.30. The minimum atomic E-state index is -1.42. The van der Waals surface area contributed by atoms with Crippen LogP contribution in [0.5, 0.6) is 0 Å². The number of benzene rings is 1. The van der Waals surface area contributed by atoms with E-state index in [2.05, 4.69) is 15.6 Å². The van der Waals surface area contributed by atoms with Crippen molar-refractivity contribution in [1.29, 1.82) is 0 Å². The number of ether oxygens (including phenoxy) is 1. The zero-order chi connectivity index (χ0) is 28.3. The molecule has 0 unspecified atom stereocenters. The van der Waals surface area contributed by atoms with Gasteiger partial charge in [-0.2, -0.15) is 0 Å². The number of fused-ring (bicyclic) bond motifs is 1. The number of aromatic nitrogens is 1. The Morgan fingerprint density at radius 1 is 1.21 bits per heavy atom. The summed E-state index contributed by atoms with van der Waals surface area (Å²) in [7, 11) is 2.75. The molecule has 12 nitrogen and oxygen atoms in total. The Kier molecular flexibility index (Phi) is 8.88. The summed E-state index contributed by atoms with van der Waals surface area (Å²) < 4.78 is 10.3. The molecule has 2 aliphatic rings. The largest absolute Gasteiger partial charge is 0.469 e. The lowest BCUT2D eigenvalue weighted by Gasteiger charge is -2.43. The van der Waals surface area contributed by atoms with Gasteiger partial charge in [0.25, 0.3) is 11.8 Å². The second-order valence-electron chi connectivity index (χ2n) is 9.07. The minimum Gasteiger partial charge on any atom is -0.469 e. The molecule has 0 aliphatic carbocycles.